The number of hydrogen-bond acceptors (Lipinski definition) is 3. The van der Waals surface area contributed by atoms with Crippen LogP contribution in [0.2, 0.25) is 0 Å². The second kappa shape index (κ2) is 6.90. The molecule has 0 saturated heterocycles. The molecule has 0 spiro atoms. The number of methoxy groups -OCH3 is 1. The Balaban J connectivity index is 2.08. The van der Waals surface area contributed by atoms with Crippen molar-refractivity contribution in [2.24, 2.45) is 0 Å². The van der Waals surface area contributed by atoms with Crippen molar-refractivity contribution in [2.75, 3.05) is 7.11 Å². The highest BCUT2D eigenvalue weighted by Crippen LogP contribution is 2.23. The van der Waals surface area contributed by atoms with Crippen LogP contribution in [-0.4, -0.2) is 22.7 Å². The van der Waals surface area contributed by atoms with E-state index in [-0.39, 0.29) is 0 Å². The molecule has 0 fully saturated rings. The molecule has 4 nitrogen and oxygen atoms in total. The molecule has 108 valence electrons. The zero-order valence-electron chi connectivity index (χ0n) is 12.1. The highest BCUT2D eigenvalue weighted by molar-refractivity contribution is 9.10. The molecule has 2 aromatic rings. The van der Waals surface area contributed by atoms with E-state index in [9.17, 15) is 0 Å². The van der Waals surface area contributed by atoms with E-state index in [0.29, 0.717) is 6.04 Å². The van der Waals surface area contributed by atoms with E-state index >= 15 is 0 Å². The van der Waals surface area contributed by atoms with Crippen molar-refractivity contribution >= 4 is 15.9 Å². The molecule has 1 N–H and O–H groups in total. The van der Waals surface area contributed by atoms with Gasteiger partial charge in [-0.25, -0.2) is 4.98 Å². The van der Waals surface area contributed by atoms with E-state index in [2.05, 4.69) is 56.9 Å². The number of aromatic nitrogens is 2. The second-order valence-electron chi connectivity index (χ2n) is 5.03. The van der Waals surface area contributed by atoms with Gasteiger partial charge in [0.05, 0.1) is 25.7 Å². The van der Waals surface area contributed by atoms with Crippen LogP contribution in [0.4, 0.5) is 0 Å². The normalized spacial score (nSPS) is 11.1. The minimum absolute atomic E-state index is 0.463. The summed E-state index contributed by atoms with van der Waals surface area (Å²) in [4.78, 5) is 4.41. The summed E-state index contributed by atoms with van der Waals surface area (Å²) in [5.41, 5.74) is 2.18. The Hall–Kier alpha value is -1.33. The molecule has 0 unspecified atom stereocenters. The van der Waals surface area contributed by atoms with Crippen LogP contribution in [0.5, 0.6) is 5.75 Å². The van der Waals surface area contributed by atoms with Crippen LogP contribution in [0, 0.1) is 0 Å². The Labute approximate surface area is 128 Å². The van der Waals surface area contributed by atoms with E-state index in [1.165, 1.54) is 0 Å². The predicted octanol–water partition coefficient (Wildman–Crippen LogP) is 3.20. The Kier molecular flexibility index (Phi) is 5.20. The van der Waals surface area contributed by atoms with Gasteiger partial charge in [-0.2, -0.15) is 0 Å². The highest BCUT2D eigenvalue weighted by atomic mass is 79.9. The molecule has 0 aliphatic carbocycles. The number of rotatable bonds is 6. The lowest BCUT2D eigenvalue weighted by molar-refractivity contribution is 0.408. The first-order chi connectivity index (χ1) is 9.58. The number of ether oxygens (including phenoxy) is 1. The molecule has 0 saturated carbocycles. The maximum absolute atomic E-state index is 5.39. The lowest BCUT2D eigenvalue weighted by atomic mass is 10.2. The van der Waals surface area contributed by atoms with E-state index in [4.69, 9.17) is 4.74 Å². The maximum Gasteiger partial charge on any atom is 0.123 e. The number of nitrogens with zero attached hydrogens (tertiary/aromatic N) is 2. The summed E-state index contributed by atoms with van der Waals surface area (Å²) in [6, 6.07) is 6.49. The average molecular weight is 338 g/mol. The zero-order valence-corrected chi connectivity index (χ0v) is 13.6. The Morgan fingerprint density at radius 3 is 2.90 bits per heavy atom. The highest BCUT2D eigenvalue weighted by Gasteiger charge is 2.06. The summed E-state index contributed by atoms with van der Waals surface area (Å²) < 4.78 is 8.51. The Bertz CT molecular complexity index is 566. The van der Waals surface area contributed by atoms with Crippen LogP contribution < -0.4 is 10.1 Å². The van der Waals surface area contributed by atoms with E-state index in [0.717, 1.165) is 34.6 Å². The van der Waals surface area contributed by atoms with Crippen molar-refractivity contribution < 1.29 is 4.74 Å². The quantitative estimate of drug-likeness (QED) is 0.879. The van der Waals surface area contributed by atoms with Gasteiger partial charge in [0, 0.05) is 28.8 Å². The van der Waals surface area contributed by atoms with E-state index in [1.54, 1.807) is 7.11 Å². The molecule has 0 aliphatic rings. The SMILES string of the molecule is COc1ccc(Br)cc1Cn1cnc(CNC(C)C)c1. The number of nitrogens with one attached hydrogen (secondary N) is 1. The van der Waals surface area contributed by atoms with Crippen molar-refractivity contribution in [1.29, 1.82) is 0 Å². The number of hydrogen-bond donors (Lipinski definition) is 1. The molecule has 0 atom stereocenters. The van der Waals surface area contributed by atoms with Gasteiger partial charge in [-0.15, -0.1) is 0 Å². The maximum atomic E-state index is 5.39. The van der Waals surface area contributed by atoms with E-state index < -0.39 is 0 Å². The van der Waals surface area contributed by atoms with E-state index in [1.807, 2.05) is 18.5 Å². The van der Waals surface area contributed by atoms with Gasteiger partial charge in [-0.3, -0.25) is 0 Å². The van der Waals surface area contributed by atoms with Gasteiger partial charge in [-0.1, -0.05) is 29.8 Å². The monoisotopic (exact) mass is 337 g/mol. The van der Waals surface area contributed by atoms with Gasteiger partial charge in [0.1, 0.15) is 5.75 Å². The van der Waals surface area contributed by atoms with Crippen molar-refractivity contribution in [3.05, 3.63) is 46.5 Å². The first kappa shape index (κ1) is 15.1. The van der Waals surface area contributed by atoms with Gasteiger partial charge in [0.2, 0.25) is 0 Å². The fourth-order valence-corrected chi connectivity index (χ4v) is 2.37. The summed E-state index contributed by atoms with van der Waals surface area (Å²) in [6.45, 7) is 5.80. The summed E-state index contributed by atoms with van der Waals surface area (Å²) >= 11 is 3.49. The molecule has 5 heteroatoms. The lowest BCUT2D eigenvalue weighted by Crippen LogP contribution is -2.21. The Morgan fingerprint density at radius 2 is 2.20 bits per heavy atom. The summed E-state index contributed by atoms with van der Waals surface area (Å²) in [6.07, 6.45) is 3.92. The molecule has 1 aromatic heterocycles. The van der Waals surface area contributed by atoms with Gasteiger partial charge in [0.25, 0.3) is 0 Å². The first-order valence-electron chi connectivity index (χ1n) is 6.65. The number of halogens is 1. The van der Waals surface area contributed by atoms with Crippen LogP contribution in [0.25, 0.3) is 0 Å². The topological polar surface area (TPSA) is 39.1 Å². The van der Waals surface area contributed by atoms with Crippen molar-refractivity contribution in [3.8, 4) is 5.75 Å². The molecule has 1 aromatic carbocycles. The summed E-state index contributed by atoms with van der Waals surface area (Å²) in [5, 5.41) is 3.36. The fourth-order valence-electron chi connectivity index (χ4n) is 1.96. The van der Waals surface area contributed by atoms with Crippen LogP contribution >= 0.6 is 15.9 Å². The molecule has 1 heterocycles. The van der Waals surface area contributed by atoms with Gasteiger partial charge in [0.15, 0.2) is 0 Å². The van der Waals surface area contributed by atoms with Crippen molar-refractivity contribution in [2.45, 2.75) is 33.0 Å². The molecular formula is C15H20BrN3O. The second-order valence-corrected chi connectivity index (χ2v) is 5.94. The third-order valence-electron chi connectivity index (χ3n) is 2.97. The smallest absolute Gasteiger partial charge is 0.123 e. The predicted molar refractivity (Wildman–Crippen MR) is 84.0 cm³/mol. The molecule has 2 rings (SSSR count). The lowest BCUT2D eigenvalue weighted by Gasteiger charge is -2.09. The number of benzene rings is 1. The minimum Gasteiger partial charge on any atom is -0.496 e. The van der Waals surface area contributed by atoms with Gasteiger partial charge >= 0.3 is 0 Å². The van der Waals surface area contributed by atoms with Gasteiger partial charge < -0.3 is 14.6 Å². The van der Waals surface area contributed by atoms with Crippen LogP contribution in [0.15, 0.2) is 35.2 Å². The van der Waals surface area contributed by atoms with Crippen molar-refractivity contribution in [3.63, 3.8) is 0 Å². The van der Waals surface area contributed by atoms with Crippen LogP contribution in [-0.2, 0) is 13.1 Å². The Morgan fingerprint density at radius 1 is 1.40 bits per heavy atom. The molecule has 0 bridgehead atoms. The average Bonchev–Trinajstić information content (AvgIpc) is 2.84. The van der Waals surface area contributed by atoms with Crippen LogP contribution in [0.3, 0.4) is 0 Å². The molecule has 0 amide bonds. The number of imidazole rings is 1. The third kappa shape index (κ3) is 4.08. The minimum atomic E-state index is 0.463. The largest absolute Gasteiger partial charge is 0.496 e. The molecule has 0 radical (unpaired) electrons. The standard InChI is InChI=1S/C15H20BrN3O/c1-11(2)17-7-14-9-19(10-18-14)8-12-6-13(16)4-5-15(12)20-3/h4-6,9-11,17H,7-8H2,1-3H3. The fraction of sp³-hybridized carbons (Fsp3) is 0.400. The van der Waals surface area contributed by atoms with Crippen LogP contribution in [0.1, 0.15) is 25.1 Å². The molecular weight excluding hydrogens is 318 g/mol. The molecule has 0 aliphatic heterocycles. The van der Waals surface area contributed by atoms with Gasteiger partial charge in [-0.05, 0) is 18.2 Å². The van der Waals surface area contributed by atoms with Crippen molar-refractivity contribution in [1.82, 2.24) is 14.9 Å². The zero-order chi connectivity index (χ0) is 14.5. The molecule has 20 heavy (non-hydrogen) atoms. The summed E-state index contributed by atoms with van der Waals surface area (Å²) in [5.74, 6) is 0.892. The summed E-state index contributed by atoms with van der Waals surface area (Å²) in [7, 11) is 1.69. The third-order valence-corrected chi connectivity index (χ3v) is 3.47. The first-order valence-corrected chi connectivity index (χ1v) is 7.44.